The van der Waals surface area contributed by atoms with Crippen molar-refractivity contribution in [3.63, 3.8) is 0 Å². The SMILES string of the molecule is Clc1ccc(C(Cl)c2ccc(Cl)cc2Cl)cc1. The van der Waals surface area contributed by atoms with Crippen LogP contribution in [0.1, 0.15) is 16.5 Å². The molecule has 0 aliphatic carbocycles. The van der Waals surface area contributed by atoms with Gasteiger partial charge in [0.2, 0.25) is 0 Å². The van der Waals surface area contributed by atoms with Gasteiger partial charge < -0.3 is 0 Å². The Morgan fingerprint density at radius 3 is 1.94 bits per heavy atom. The number of benzene rings is 2. The molecule has 0 amide bonds. The standard InChI is InChI=1S/C13H8Cl4/c14-9-3-1-8(2-4-9)13(17)11-6-5-10(15)7-12(11)16/h1-7,13H. The van der Waals surface area contributed by atoms with Crippen LogP contribution < -0.4 is 0 Å². The summed E-state index contributed by atoms with van der Waals surface area (Å²) < 4.78 is 0. The largest absolute Gasteiger partial charge is 0.113 e. The quantitative estimate of drug-likeness (QED) is 0.599. The van der Waals surface area contributed by atoms with Crippen molar-refractivity contribution in [3.05, 3.63) is 68.7 Å². The van der Waals surface area contributed by atoms with Crippen molar-refractivity contribution in [3.8, 4) is 0 Å². The van der Waals surface area contributed by atoms with Crippen molar-refractivity contribution in [2.45, 2.75) is 5.38 Å². The highest BCUT2D eigenvalue weighted by atomic mass is 35.5. The minimum atomic E-state index is -0.308. The molecule has 4 heteroatoms. The van der Waals surface area contributed by atoms with E-state index in [1.54, 1.807) is 24.3 Å². The van der Waals surface area contributed by atoms with Gasteiger partial charge in [0.1, 0.15) is 0 Å². The highest BCUT2D eigenvalue weighted by Crippen LogP contribution is 2.35. The Kier molecular flexibility index (Phi) is 4.22. The maximum Gasteiger partial charge on any atom is 0.0849 e. The first-order valence-electron chi connectivity index (χ1n) is 4.92. The molecule has 1 atom stereocenters. The molecule has 0 fully saturated rings. The van der Waals surface area contributed by atoms with Crippen molar-refractivity contribution in [2.75, 3.05) is 0 Å². The second-order valence-electron chi connectivity index (χ2n) is 3.58. The molecule has 1 unspecified atom stereocenters. The molecule has 0 aromatic heterocycles. The average molecular weight is 306 g/mol. The molecule has 0 nitrogen and oxygen atoms in total. The van der Waals surface area contributed by atoms with Crippen molar-refractivity contribution in [2.24, 2.45) is 0 Å². The van der Waals surface area contributed by atoms with Gasteiger partial charge in [-0.15, -0.1) is 11.6 Å². The topological polar surface area (TPSA) is 0 Å². The van der Waals surface area contributed by atoms with Gasteiger partial charge in [-0.05, 0) is 35.4 Å². The zero-order valence-corrected chi connectivity index (χ0v) is 11.7. The molecule has 0 radical (unpaired) electrons. The van der Waals surface area contributed by atoms with Crippen LogP contribution in [0.5, 0.6) is 0 Å². The lowest BCUT2D eigenvalue weighted by Crippen LogP contribution is -1.94. The molecule has 0 heterocycles. The van der Waals surface area contributed by atoms with Gasteiger partial charge in [0.15, 0.2) is 0 Å². The van der Waals surface area contributed by atoms with Crippen LogP contribution in [-0.2, 0) is 0 Å². The molecule has 0 aliphatic rings. The third kappa shape index (κ3) is 3.08. The number of halogens is 4. The molecule has 2 aromatic rings. The van der Waals surface area contributed by atoms with Crippen LogP contribution in [-0.4, -0.2) is 0 Å². The van der Waals surface area contributed by atoms with E-state index >= 15 is 0 Å². The molecule has 0 spiro atoms. The molecular weight excluding hydrogens is 298 g/mol. The molecular formula is C13H8Cl4. The summed E-state index contributed by atoms with van der Waals surface area (Å²) >= 11 is 24.2. The first kappa shape index (κ1) is 13.0. The average Bonchev–Trinajstić information content (AvgIpc) is 2.29. The van der Waals surface area contributed by atoms with Crippen LogP contribution in [0.2, 0.25) is 15.1 Å². The molecule has 0 N–H and O–H groups in total. The lowest BCUT2D eigenvalue weighted by molar-refractivity contribution is 1.14. The predicted molar refractivity (Wildman–Crippen MR) is 75.6 cm³/mol. The Balaban J connectivity index is 2.36. The maximum atomic E-state index is 6.37. The van der Waals surface area contributed by atoms with Crippen molar-refractivity contribution < 1.29 is 0 Å². The van der Waals surface area contributed by atoms with Crippen LogP contribution in [0.15, 0.2) is 42.5 Å². The zero-order chi connectivity index (χ0) is 12.4. The van der Waals surface area contributed by atoms with Gasteiger partial charge in [-0.1, -0.05) is 53.0 Å². The van der Waals surface area contributed by atoms with E-state index in [1.165, 1.54) is 0 Å². The maximum absolute atomic E-state index is 6.37. The summed E-state index contributed by atoms with van der Waals surface area (Å²) in [5.41, 5.74) is 1.78. The molecule has 2 rings (SSSR count). The van der Waals surface area contributed by atoms with E-state index in [4.69, 9.17) is 46.4 Å². The zero-order valence-electron chi connectivity index (χ0n) is 8.63. The summed E-state index contributed by atoms with van der Waals surface area (Å²) in [5, 5.41) is 1.53. The van der Waals surface area contributed by atoms with Crippen LogP contribution >= 0.6 is 46.4 Å². The molecule has 88 valence electrons. The van der Waals surface area contributed by atoms with Crippen LogP contribution in [0.3, 0.4) is 0 Å². The second kappa shape index (κ2) is 5.49. The third-order valence-corrected chi connectivity index (χ3v) is 3.70. The van der Waals surface area contributed by atoms with E-state index in [-0.39, 0.29) is 5.38 Å². The fraction of sp³-hybridized carbons (Fsp3) is 0.0769. The minimum absolute atomic E-state index is 0.308. The summed E-state index contributed by atoms with van der Waals surface area (Å²) in [6, 6.07) is 12.6. The van der Waals surface area contributed by atoms with E-state index in [9.17, 15) is 0 Å². The van der Waals surface area contributed by atoms with Crippen LogP contribution in [0.25, 0.3) is 0 Å². The smallest absolute Gasteiger partial charge is 0.0849 e. The Morgan fingerprint density at radius 1 is 0.765 bits per heavy atom. The third-order valence-electron chi connectivity index (χ3n) is 2.40. The molecule has 0 bridgehead atoms. The van der Waals surface area contributed by atoms with Crippen molar-refractivity contribution >= 4 is 46.4 Å². The van der Waals surface area contributed by atoms with Crippen LogP contribution in [0, 0.1) is 0 Å². The van der Waals surface area contributed by atoms with E-state index in [1.807, 2.05) is 18.2 Å². The summed E-state index contributed by atoms with van der Waals surface area (Å²) in [6.07, 6.45) is 0. The monoisotopic (exact) mass is 304 g/mol. The van der Waals surface area contributed by atoms with E-state index < -0.39 is 0 Å². The van der Waals surface area contributed by atoms with E-state index in [2.05, 4.69) is 0 Å². The lowest BCUT2D eigenvalue weighted by atomic mass is 10.0. The number of rotatable bonds is 2. The molecule has 0 aliphatic heterocycles. The normalized spacial score (nSPS) is 12.5. The molecule has 17 heavy (non-hydrogen) atoms. The van der Waals surface area contributed by atoms with Crippen molar-refractivity contribution in [1.82, 2.24) is 0 Å². The van der Waals surface area contributed by atoms with Gasteiger partial charge in [0.25, 0.3) is 0 Å². The highest BCUT2D eigenvalue weighted by molar-refractivity contribution is 6.36. The first-order valence-corrected chi connectivity index (χ1v) is 6.49. The van der Waals surface area contributed by atoms with Gasteiger partial charge in [-0.25, -0.2) is 0 Å². The van der Waals surface area contributed by atoms with Gasteiger partial charge in [-0.3, -0.25) is 0 Å². The molecule has 0 saturated heterocycles. The van der Waals surface area contributed by atoms with Crippen LogP contribution in [0.4, 0.5) is 0 Å². The van der Waals surface area contributed by atoms with Gasteiger partial charge >= 0.3 is 0 Å². The summed E-state index contributed by atoms with van der Waals surface area (Å²) in [6.45, 7) is 0. The van der Waals surface area contributed by atoms with Gasteiger partial charge in [0.05, 0.1) is 5.38 Å². The molecule has 0 saturated carbocycles. The highest BCUT2D eigenvalue weighted by Gasteiger charge is 2.14. The van der Waals surface area contributed by atoms with Gasteiger partial charge in [-0.2, -0.15) is 0 Å². The minimum Gasteiger partial charge on any atom is -0.113 e. The Labute approximate surface area is 120 Å². The number of hydrogen-bond acceptors (Lipinski definition) is 0. The Morgan fingerprint density at radius 2 is 1.35 bits per heavy atom. The fourth-order valence-corrected chi connectivity index (χ4v) is 2.55. The number of alkyl halides is 1. The summed E-state index contributed by atoms with van der Waals surface area (Å²) in [5.74, 6) is 0. The lowest BCUT2D eigenvalue weighted by Gasteiger charge is -2.12. The van der Waals surface area contributed by atoms with E-state index in [0.29, 0.717) is 15.1 Å². The predicted octanol–water partition coefficient (Wildman–Crippen LogP) is 5.98. The first-order chi connectivity index (χ1) is 8.08. The fourth-order valence-electron chi connectivity index (χ4n) is 1.52. The van der Waals surface area contributed by atoms with Crippen molar-refractivity contribution in [1.29, 1.82) is 0 Å². The number of hydrogen-bond donors (Lipinski definition) is 0. The Bertz CT molecular complexity index is 519. The Hall–Kier alpha value is -0.400. The molecule has 2 aromatic carbocycles. The summed E-state index contributed by atoms with van der Waals surface area (Å²) in [4.78, 5) is 0. The van der Waals surface area contributed by atoms with Gasteiger partial charge in [0, 0.05) is 15.1 Å². The second-order valence-corrected chi connectivity index (χ2v) is 5.30. The summed E-state index contributed by atoms with van der Waals surface area (Å²) in [7, 11) is 0. The van der Waals surface area contributed by atoms with E-state index in [0.717, 1.165) is 11.1 Å².